The molecule has 19 heavy (non-hydrogen) atoms. The SMILES string of the molecule is O=S(=O)(NCC1(NS(=O)(=O)C2CC2)CCC1)C1CC1. The standard InChI is InChI=1S/C11H20N2O4S2/c14-18(15,9-2-3-9)12-8-11(6-1-7-11)13-19(16,17)10-4-5-10/h9-10,12-13H,1-8H2. The third kappa shape index (κ3) is 2.96. The molecule has 3 aliphatic rings. The lowest BCUT2D eigenvalue weighted by Crippen LogP contribution is -2.60. The Morgan fingerprint density at radius 1 is 0.895 bits per heavy atom. The van der Waals surface area contributed by atoms with Gasteiger partial charge in [0.2, 0.25) is 20.0 Å². The molecule has 110 valence electrons. The molecule has 0 bridgehead atoms. The highest BCUT2D eigenvalue weighted by Gasteiger charge is 2.46. The zero-order valence-electron chi connectivity index (χ0n) is 10.8. The summed E-state index contributed by atoms with van der Waals surface area (Å²) in [6, 6.07) is 0. The summed E-state index contributed by atoms with van der Waals surface area (Å²) in [5.74, 6) is 0. The van der Waals surface area contributed by atoms with Gasteiger partial charge in [0.15, 0.2) is 0 Å². The molecule has 0 saturated heterocycles. The van der Waals surface area contributed by atoms with Crippen molar-refractivity contribution in [3.8, 4) is 0 Å². The summed E-state index contributed by atoms with van der Waals surface area (Å²) in [4.78, 5) is 0. The number of hydrogen-bond acceptors (Lipinski definition) is 4. The fourth-order valence-electron chi connectivity index (χ4n) is 2.42. The molecule has 2 N–H and O–H groups in total. The van der Waals surface area contributed by atoms with Gasteiger partial charge in [-0.1, -0.05) is 0 Å². The van der Waals surface area contributed by atoms with E-state index in [2.05, 4.69) is 9.44 Å². The first-order chi connectivity index (χ1) is 8.83. The summed E-state index contributed by atoms with van der Waals surface area (Å²) >= 11 is 0. The van der Waals surface area contributed by atoms with Crippen molar-refractivity contribution in [1.82, 2.24) is 9.44 Å². The number of nitrogens with one attached hydrogen (secondary N) is 2. The van der Waals surface area contributed by atoms with Crippen LogP contribution in [-0.2, 0) is 20.0 Å². The van der Waals surface area contributed by atoms with Crippen molar-refractivity contribution in [1.29, 1.82) is 0 Å². The Labute approximate surface area is 114 Å². The zero-order chi connectivity index (χ0) is 13.7. The fourth-order valence-corrected chi connectivity index (χ4v) is 5.69. The van der Waals surface area contributed by atoms with E-state index in [1.54, 1.807) is 0 Å². The van der Waals surface area contributed by atoms with Gasteiger partial charge in [0.05, 0.1) is 10.5 Å². The van der Waals surface area contributed by atoms with E-state index in [0.717, 1.165) is 32.1 Å². The van der Waals surface area contributed by atoms with Crippen molar-refractivity contribution >= 4 is 20.0 Å². The van der Waals surface area contributed by atoms with Crippen molar-refractivity contribution < 1.29 is 16.8 Å². The van der Waals surface area contributed by atoms with Crippen LogP contribution in [0, 0.1) is 0 Å². The molecule has 0 radical (unpaired) electrons. The smallest absolute Gasteiger partial charge is 0.213 e. The van der Waals surface area contributed by atoms with Crippen LogP contribution in [0.2, 0.25) is 0 Å². The van der Waals surface area contributed by atoms with Crippen LogP contribution in [0.3, 0.4) is 0 Å². The van der Waals surface area contributed by atoms with Crippen LogP contribution in [0.4, 0.5) is 0 Å². The molecular formula is C11H20N2O4S2. The first kappa shape index (κ1) is 13.8. The van der Waals surface area contributed by atoms with Crippen LogP contribution in [-0.4, -0.2) is 39.4 Å². The molecular weight excluding hydrogens is 288 g/mol. The highest BCUT2D eigenvalue weighted by molar-refractivity contribution is 7.90. The summed E-state index contributed by atoms with van der Waals surface area (Å²) < 4.78 is 52.9. The van der Waals surface area contributed by atoms with E-state index in [1.165, 1.54) is 0 Å². The van der Waals surface area contributed by atoms with E-state index in [-0.39, 0.29) is 17.0 Å². The molecule has 3 rings (SSSR count). The summed E-state index contributed by atoms with van der Waals surface area (Å²) in [7, 11) is -6.50. The van der Waals surface area contributed by atoms with Crippen molar-refractivity contribution in [3.63, 3.8) is 0 Å². The predicted molar refractivity (Wildman–Crippen MR) is 71.6 cm³/mol. The van der Waals surface area contributed by atoms with Crippen LogP contribution >= 0.6 is 0 Å². The number of hydrogen-bond donors (Lipinski definition) is 2. The maximum atomic E-state index is 12.0. The van der Waals surface area contributed by atoms with E-state index in [1.807, 2.05) is 0 Å². The number of sulfonamides is 2. The van der Waals surface area contributed by atoms with Gasteiger partial charge in [0, 0.05) is 12.1 Å². The van der Waals surface area contributed by atoms with E-state index in [9.17, 15) is 16.8 Å². The van der Waals surface area contributed by atoms with Crippen molar-refractivity contribution in [2.45, 2.75) is 61.0 Å². The molecule has 3 aliphatic carbocycles. The van der Waals surface area contributed by atoms with Crippen molar-refractivity contribution in [2.24, 2.45) is 0 Å². The lowest BCUT2D eigenvalue weighted by Gasteiger charge is -2.42. The van der Waals surface area contributed by atoms with Crippen LogP contribution in [0.5, 0.6) is 0 Å². The van der Waals surface area contributed by atoms with Crippen LogP contribution in [0.1, 0.15) is 44.9 Å². The molecule has 3 saturated carbocycles. The van der Waals surface area contributed by atoms with Gasteiger partial charge in [-0.05, 0) is 44.9 Å². The third-order valence-electron chi connectivity index (χ3n) is 4.21. The van der Waals surface area contributed by atoms with Crippen LogP contribution < -0.4 is 9.44 Å². The van der Waals surface area contributed by atoms with Crippen LogP contribution in [0.15, 0.2) is 0 Å². The maximum absolute atomic E-state index is 12.0. The average Bonchev–Trinajstić information content (AvgIpc) is 3.15. The van der Waals surface area contributed by atoms with Crippen molar-refractivity contribution in [2.75, 3.05) is 6.54 Å². The minimum Gasteiger partial charge on any atom is -0.213 e. The average molecular weight is 308 g/mol. The minimum absolute atomic E-state index is 0.192. The van der Waals surface area contributed by atoms with Gasteiger partial charge >= 0.3 is 0 Å². The first-order valence-electron chi connectivity index (χ1n) is 6.84. The summed E-state index contributed by atoms with van der Waals surface area (Å²) in [5, 5.41) is -0.519. The largest absolute Gasteiger partial charge is 0.215 e. The number of rotatable bonds is 7. The molecule has 0 aromatic heterocycles. The zero-order valence-corrected chi connectivity index (χ0v) is 12.4. The first-order valence-corrected chi connectivity index (χ1v) is 9.94. The maximum Gasteiger partial charge on any atom is 0.215 e. The lowest BCUT2D eigenvalue weighted by atomic mass is 9.78. The van der Waals surface area contributed by atoms with Gasteiger partial charge in [-0.2, -0.15) is 0 Å². The molecule has 0 aromatic rings. The Bertz CT molecular complexity index is 558. The predicted octanol–water partition coefficient (Wildman–Crippen LogP) is 0.0727. The van der Waals surface area contributed by atoms with E-state index in [4.69, 9.17) is 0 Å². The summed E-state index contributed by atoms with van der Waals surface area (Å²) in [6.45, 7) is 0.192. The van der Waals surface area contributed by atoms with Crippen molar-refractivity contribution in [3.05, 3.63) is 0 Å². The second-order valence-corrected chi connectivity index (χ2v) is 10.1. The van der Waals surface area contributed by atoms with Gasteiger partial charge < -0.3 is 0 Å². The van der Waals surface area contributed by atoms with Gasteiger partial charge in [0.25, 0.3) is 0 Å². The lowest BCUT2D eigenvalue weighted by molar-refractivity contribution is 0.224. The summed E-state index contributed by atoms with van der Waals surface area (Å²) in [6.07, 6.45) is 5.25. The topological polar surface area (TPSA) is 92.3 Å². The molecule has 0 atom stereocenters. The van der Waals surface area contributed by atoms with Crippen LogP contribution in [0.25, 0.3) is 0 Å². The Morgan fingerprint density at radius 2 is 1.42 bits per heavy atom. The molecule has 0 heterocycles. The minimum atomic E-state index is -3.26. The molecule has 3 fully saturated rings. The van der Waals surface area contributed by atoms with Gasteiger partial charge in [-0.15, -0.1) is 0 Å². The Hall–Kier alpha value is -0.180. The van der Waals surface area contributed by atoms with Gasteiger partial charge in [0.1, 0.15) is 0 Å². The van der Waals surface area contributed by atoms with E-state index in [0.29, 0.717) is 12.8 Å². The molecule has 0 spiro atoms. The molecule has 0 aromatic carbocycles. The third-order valence-corrected chi connectivity index (χ3v) is 8.17. The quantitative estimate of drug-likeness (QED) is 0.696. The van der Waals surface area contributed by atoms with Gasteiger partial charge in [-0.25, -0.2) is 26.3 Å². The monoisotopic (exact) mass is 308 g/mol. The van der Waals surface area contributed by atoms with E-state index < -0.39 is 25.6 Å². The Kier molecular flexibility index (Phi) is 3.20. The Balaban J connectivity index is 1.63. The Morgan fingerprint density at radius 3 is 1.84 bits per heavy atom. The fraction of sp³-hybridized carbons (Fsp3) is 1.00. The molecule has 0 unspecified atom stereocenters. The molecule has 6 nitrogen and oxygen atoms in total. The second kappa shape index (κ2) is 4.41. The normalized spacial score (nSPS) is 26.9. The summed E-state index contributed by atoms with van der Waals surface area (Å²) in [5.41, 5.74) is -0.580. The molecule has 0 amide bonds. The highest BCUT2D eigenvalue weighted by Crippen LogP contribution is 2.36. The molecule has 8 heteroatoms. The molecule has 0 aliphatic heterocycles. The second-order valence-electron chi connectivity index (χ2n) is 6.05. The van der Waals surface area contributed by atoms with E-state index >= 15 is 0 Å². The highest BCUT2D eigenvalue weighted by atomic mass is 32.2. The van der Waals surface area contributed by atoms with Gasteiger partial charge in [-0.3, -0.25) is 0 Å².